The molecular weight excluding hydrogens is 411 g/mol. The maximum atomic E-state index is 13.0. The number of carbonyl (C=O) groups is 1. The van der Waals surface area contributed by atoms with Gasteiger partial charge in [0.1, 0.15) is 11.9 Å². The second-order valence-electron chi connectivity index (χ2n) is 8.62. The molecule has 2 aliphatic carbocycles. The maximum Gasteiger partial charge on any atom is 0.247 e. The first-order valence-electron chi connectivity index (χ1n) is 11.1. The Labute approximate surface area is 183 Å². The zero-order valence-electron chi connectivity index (χ0n) is 17.4. The summed E-state index contributed by atoms with van der Waals surface area (Å²) in [5, 5.41) is 13.7. The zero-order valence-corrected chi connectivity index (χ0v) is 17.4. The van der Waals surface area contributed by atoms with E-state index < -0.39 is 5.95 Å². The standard InChI is InChI=1S/C22H23FN8O/c23-18-7-6-13(11-24-18)25-21(32)17-8-9-31(17)22-26-15-3-1-2-14(15)20(28-22)27-19-10-16(29-30-19)12-4-5-12/h6-7,10-12,17H,1-5,8-9H2,(H,25,32)(H2,26,27,28,29,30)/t17-/m0/s1. The smallest absolute Gasteiger partial charge is 0.247 e. The molecule has 0 spiro atoms. The summed E-state index contributed by atoms with van der Waals surface area (Å²) in [5.41, 5.74) is 3.78. The molecule has 4 heterocycles. The number of halogens is 1. The minimum Gasteiger partial charge on any atom is -0.329 e. The van der Waals surface area contributed by atoms with Crippen LogP contribution in [0.1, 0.15) is 48.6 Å². The number of carbonyl (C=O) groups excluding carboxylic acids is 1. The molecule has 3 aromatic rings. The number of aromatic amines is 1. The summed E-state index contributed by atoms with van der Waals surface area (Å²) in [5.74, 6) is 1.92. The number of nitrogens with one attached hydrogen (secondary N) is 3. The highest BCUT2D eigenvalue weighted by atomic mass is 19.1. The van der Waals surface area contributed by atoms with Crippen molar-refractivity contribution in [3.05, 3.63) is 47.3 Å². The molecule has 1 amide bonds. The van der Waals surface area contributed by atoms with E-state index >= 15 is 0 Å². The van der Waals surface area contributed by atoms with Gasteiger partial charge in [0.15, 0.2) is 5.82 Å². The molecule has 3 N–H and O–H groups in total. The summed E-state index contributed by atoms with van der Waals surface area (Å²) < 4.78 is 13.0. The van der Waals surface area contributed by atoms with Crippen molar-refractivity contribution in [3.8, 4) is 0 Å². The Bertz CT molecular complexity index is 1170. The fourth-order valence-corrected chi connectivity index (χ4v) is 4.35. The lowest BCUT2D eigenvalue weighted by Gasteiger charge is -2.40. The van der Waals surface area contributed by atoms with Crippen LogP contribution in [0.2, 0.25) is 0 Å². The largest absolute Gasteiger partial charge is 0.329 e. The van der Waals surface area contributed by atoms with Gasteiger partial charge in [0.05, 0.1) is 17.6 Å². The molecular formula is C22H23FN8O. The van der Waals surface area contributed by atoms with E-state index in [0.717, 1.165) is 47.8 Å². The number of rotatable bonds is 6. The van der Waals surface area contributed by atoms with E-state index in [4.69, 9.17) is 9.97 Å². The molecule has 0 radical (unpaired) electrons. The number of hydrogen-bond acceptors (Lipinski definition) is 7. The molecule has 32 heavy (non-hydrogen) atoms. The monoisotopic (exact) mass is 434 g/mol. The summed E-state index contributed by atoms with van der Waals surface area (Å²) >= 11 is 0. The number of anilines is 4. The maximum absolute atomic E-state index is 13.0. The summed E-state index contributed by atoms with van der Waals surface area (Å²) in [6.07, 6.45) is 7.30. The van der Waals surface area contributed by atoms with Gasteiger partial charge in [0.2, 0.25) is 17.8 Å². The van der Waals surface area contributed by atoms with Crippen LogP contribution in [0, 0.1) is 5.95 Å². The van der Waals surface area contributed by atoms with Crippen LogP contribution >= 0.6 is 0 Å². The first-order valence-corrected chi connectivity index (χ1v) is 11.1. The number of amides is 1. The predicted octanol–water partition coefficient (Wildman–Crippen LogP) is 3.06. The Morgan fingerprint density at radius 1 is 1.19 bits per heavy atom. The van der Waals surface area contributed by atoms with Crippen LogP contribution in [0.3, 0.4) is 0 Å². The number of H-pyrrole nitrogens is 1. The highest BCUT2D eigenvalue weighted by Gasteiger charge is 2.37. The lowest BCUT2D eigenvalue weighted by atomic mass is 10.0. The van der Waals surface area contributed by atoms with Gasteiger partial charge in [0.25, 0.3) is 0 Å². The Morgan fingerprint density at radius 3 is 2.84 bits per heavy atom. The van der Waals surface area contributed by atoms with E-state index in [1.165, 1.54) is 31.2 Å². The summed E-state index contributed by atoms with van der Waals surface area (Å²) in [6.45, 7) is 0.701. The third-order valence-corrected chi connectivity index (χ3v) is 6.36. The highest BCUT2D eigenvalue weighted by Crippen LogP contribution is 2.40. The van der Waals surface area contributed by atoms with Crippen molar-refractivity contribution in [3.63, 3.8) is 0 Å². The molecule has 3 aromatic heterocycles. The molecule has 3 aliphatic rings. The molecule has 164 valence electrons. The third kappa shape index (κ3) is 3.55. The van der Waals surface area contributed by atoms with Crippen molar-refractivity contribution < 1.29 is 9.18 Å². The van der Waals surface area contributed by atoms with Crippen LogP contribution in [-0.2, 0) is 17.6 Å². The first-order chi connectivity index (χ1) is 15.6. The molecule has 0 unspecified atom stereocenters. The number of nitrogens with zero attached hydrogens (tertiary/aromatic N) is 5. The van der Waals surface area contributed by atoms with Crippen molar-refractivity contribution in [2.24, 2.45) is 0 Å². The molecule has 9 nitrogen and oxygen atoms in total. The molecule has 1 atom stereocenters. The molecule has 6 rings (SSSR count). The predicted molar refractivity (Wildman–Crippen MR) is 116 cm³/mol. The summed E-state index contributed by atoms with van der Waals surface area (Å²) in [4.78, 5) is 27.8. The molecule has 1 aliphatic heterocycles. The van der Waals surface area contributed by atoms with Gasteiger partial charge in [-0.15, -0.1) is 0 Å². The Balaban J connectivity index is 1.22. The van der Waals surface area contributed by atoms with Crippen LogP contribution in [-0.4, -0.2) is 43.6 Å². The van der Waals surface area contributed by atoms with E-state index in [1.54, 1.807) is 0 Å². The number of pyridine rings is 1. The van der Waals surface area contributed by atoms with Crippen molar-refractivity contribution in [1.82, 2.24) is 25.1 Å². The second kappa shape index (κ2) is 7.54. The van der Waals surface area contributed by atoms with Crippen molar-refractivity contribution in [2.45, 2.75) is 50.5 Å². The van der Waals surface area contributed by atoms with Crippen LogP contribution in [0.25, 0.3) is 0 Å². The average molecular weight is 434 g/mol. The lowest BCUT2D eigenvalue weighted by Crippen LogP contribution is -2.55. The summed E-state index contributed by atoms with van der Waals surface area (Å²) in [7, 11) is 0. The van der Waals surface area contributed by atoms with Crippen molar-refractivity contribution >= 4 is 29.2 Å². The van der Waals surface area contributed by atoms with E-state index in [0.29, 0.717) is 30.5 Å². The number of aromatic nitrogens is 5. The number of aryl methyl sites for hydroxylation is 1. The topological polar surface area (TPSA) is 112 Å². The van der Waals surface area contributed by atoms with Crippen molar-refractivity contribution in [1.29, 1.82) is 0 Å². The van der Waals surface area contributed by atoms with Crippen LogP contribution in [0.4, 0.5) is 27.7 Å². The average Bonchev–Trinajstić information content (AvgIpc) is 3.30. The second-order valence-corrected chi connectivity index (χ2v) is 8.62. The third-order valence-electron chi connectivity index (χ3n) is 6.36. The van der Waals surface area contributed by atoms with Gasteiger partial charge in [-0.3, -0.25) is 9.89 Å². The minimum atomic E-state index is -0.582. The van der Waals surface area contributed by atoms with Gasteiger partial charge >= 0.3 is 0 Å². The van der Waals surface area contributed by atoms with Gasteiger partial charge < -0.3 is 15.5 Å². The number of hydrogen-bond donors (Lipinski definition) is 3. The molecule has 2 fully saturated rings. The van der Waals surface area contributed by atoms with Gasteiger partial charge in [-0.1, -0.05) is 0 Å². The van der Waals surface area contributed by atoms with Gasteiger partial charge in [0, 0.05) is 29.8 Å². The zero-order chi connectivity index (χ0) is 21.7. The van der Waals surface area contributed by atoms with Gasteiger partial charge in [-0.05, 0) is 50.7 Å². The van der Waals surface area contributed by atoms with Crippen LogP contribution in [0.15, 0.2) is 24.4 Å². The van der Waals surface area contributed by atoms with Gasteiger partial charge in [-0.25, -0.2) is 9.97 Å². The number of fused-ring (bicyclic) bond motifs is 1. The van der Waals surface area contributed by atoms with Gasteiger partial charge in [-0.2, -0.15) is 14.5 Å². The summed E-state index contributed by atoms with van der Waals surface area (Å²) in [6, 6.07) is 4.40. The molecule has 0 bridgehead atoms. The van der Waals surface area contributed by atoms with E-state index in [2.05, 4.69) is 31.9 Å². The quantitative estimate of drug-likeness (QED) is 0.511. The molecule has 1 saturated heterocycles. The van der Waals surface area contributed by atoms with E-state index in [9.17, 15) is 9.18 Å². The molecule has 0 aromatic carbocycles. The van der Waals surface area contributed by atoms with Crippen molar-refractivity contribution in [2.75, 3.05) is 22.1 Å². The molecule has 10 heteroatoms. The normalized spacial score (nSPS) is 19.4. The Morgan fingerprint density at radius 2 is 2.09 bits per heavy atom. The van der Waals surface area contributed by atoms with Crippen LogP contribution < -0.4 is 15.5 Å². The minimum absolute atomic E-state index is 0.176. The van der Waals surface area contributed by atoms with Crippen LogP contribution in [0.5, 0.6) is 0 Å². The highest BCUT2D eigenvalue weighted by molar-refractivity contribution is 5.97. The fraction of sp³-hybridized carbons (Fsp3) is 0.409. The van der Waals surface area contributed by atoms with E-state index in [-0.39, 0.29) is 11.9 Å². The fourth-order valence-electron chi connectivity index (χ4n) is 4.35. The molecule has 1 saturated carbocycles. The SMILES string of the molecule is O=C(Nc1ccc(F)nc1)[C@@H]1CCN1c1nc2c(c(Nc3cc(C4CC4)[nH]n3)n1)CCC2. The lowest BCUT2D eigenvalue weighted by molar-refractivity contribution is -0.118. The Hall–Kier alpha value is -3.56. The first kappa shape index (κ1) is 19.1. The Kier molecular flexibility index (Phi) is 4.51. The van der Waals surface area contributed by atoms with E-state index in [1.807, 2.05) is 4.90 Å².